The molecule has 0 spiro atoms. The molecular weight excluding hydrogens is 225 g/mol. The fourth-order valence-corrected chi connectivity index (χ4v) is 1.43. The largest absolute Gasteiger partial charge is 0.506 e. The van der Waals surface area contributed by atoms with Crippen molar-refractivity contribution in [2.45, 2.75) is 4.84 Å². The second-order valence-electron chi connectivity index (χ2n) is 2.13. The number of phenols is 1. The van der Waals surface area contributed by atoms with Gasteiger partial charge >= 0.3 is 0 Å². The van der Waals surface area contributed by atoms with Crippen molar-refractivity contribution in [2.75, 3.05) is 0 Å². The molecule has 0 saturated heterocycles. The molecule has 0 aromatic heterocycles. The zero-order chi connectivity index (χ0) is 9.30. The summed E-state index contributed by atoms with van der Waals surface area (Å²) in [5, 5.41) is 9.02. The summed E-state index contributed by atoms with van der Waals surface area (Å²) in [6.45, 7) is 0. The fourth-order valence-electron chi connectivity index (χ4n) is 0.754. The molecule has 0 fully saturated rings. The lowest BCUT2D eigenvalue weighted by Crippen LogP contribution is -1.86. The molecule has 0 amide bonds. The van der Waals surface area contributed by atoms with Crippen LogP contribution < -0.4 is 0 Å². The van der Waals surface area contributed by atoms with E-state index in [1.165, 1.54) is 0 Å². The van der Waals surface area contributed by atoms with Crippen molar-refractivity contribution in [1.29, 1.82) is 0 Å². The van der Waals surface area contributed by atoms with Crippen LogP contribution in [0.3, 0.4) is 0 Å². The number of aromatic hydroxyl groups is 1. The van der Waals surface area contributed by atoms with Crippen molar-refractivity contribution in [1.82, 2.24) is 0 Å². The Morgan fingerprint density at radius 1 is 1.33 bits per heavy atom. The summed E-state index contributed by atoms with van der Waals surface area (Å²) in [4.78, 5) is -0.945. The van der Waals surface area contributed by atoms with Gasteiger partial charge < -0.3 is 5.11 Å². The number of alkyl halides is 2. The SMILES string of the molecule is Oc1cc(F)cc(C(Cl)Cl)c1Cl. The molecule has 1 nitrogen and oxygen atoms in total. The molecule has 0 heterocycles. The molecule has 1 rings (SSSR count). The van der Waals surface area contributed by atoms with Crippen LogP contribution in [0.1, 0.15) is 10.4 Å². The molecule has 0 aliphatic heterocycles. The van der Waals surface area contributed by atoms with Gasteiger partial charge in [0.25, 0.3) is 0 Å². The maximum atomic E-state index is 12.6. The van der Waals surface area contributed by atoms with Gasteiger partial charge in [0.05, 0.1) is 5.02 Å². The minimum atomic E-state index is -0.945. The molecule has 0 unspecified atom stereocenters. The fraction of sp³-hybridized carbons (Fsp3) is 0.143. The van der Waals surface area contributed by atoms with E-state index in [9.17, 15) is 4.39 Å². The van der Waals surface area contributed by atoms with E-state index < -0.39 is 10.7 Å². The van der Waals surface area contributed by atoms with Gasteiger partial charge in [0.1, 0.15) is 16.4 Å². The van der Waals surface area contributed by atoms with Gasteiger partial charge in [-0.25, -0.2) is 4.39 Å². The number of halogens is 4. The number of phenolic OH excluding ortho intramolecular Hbond substituents is 1. The Hall–Kier alpha value is -0.180. The third-order valence-electron chi connectivity index (χ3n) is 1.28. The molecular formula is C7H4Cl3FO. The van der Waals surface area contributed by atoms with Gasteiger partial charge in [-0.2, -0.15) is 0 Å². The van der Waals surface area contributed by atoms with Crippen LogP contribution in [0, 0.1) is 5.82 Å². The Balaban J connectivity index is 3.28. The monoisotopic (exact) mass is 228 g/mol. The van der Waals surface area contributed by atoms with Crippen LogP contribution in [-0.2, 0) is 0 Å². The average molecular weight is 229 g/mol. The number of rotatable bonds is 1. The summed E-state index contributed by atoms with van der Waals surface area (Å²) in [5.41, 5.74) is 0.164. The van der Waals surface area contributed by atoms with Gasteiger partial charge in [-0.05, 0) is 6.07 Å². The number of benzene rings is 1. The molecule has 0 radical (unpaired) electrons. The Labute approximate surface area is 83.7 Å². The van der Waals surface area contributed by atoms with Gasteiger partial charge in [-0.15, -0.1) is 23.2 Å². The molecule has 5 heteroatoms. The second kappa shape index (κ2) is 3.69. The molecule has 66 valence electrons. The summed E-state index contributed by atoms with van der Waals surface area (Å²) in [6, 6.07) is 1.97. The normalized spacial score (nSPS) is 10.8. The third kappa shape index (κ3) is 1.94. The minimum absolute atomic E-state index is 0.0219. The van der Waals surface area contributed by atoms with E-state index in [0.717, 1.165) is 12.1 Å². The number of hydrogen-bond acceptors (Lipinski definition) is 1. The Morgan fingerprint density at radius 2 is 1.92 bits per heavy atom. The van der Waals surface area contributed by atoms with Crippen molar-refractivity contribution in [3.8, 4) is 5.75 Å². The van der Waals surface area contributed by atoms with Crippen LogP contribution in [0.25, 0.3) is 0 Å². The van der Waals surface area contributed by atoms with E-state index in [2.05, 4.69) is 0 Å². The Bertz CT molecular complexity index is 301. The highest BCUT2D eigenvalue weighted by Crippen LogP contribution is 2.36. The first-order chi connectivity index (χ1) is 5.52. The van der Waals surface area contributed by atoms with Gasteiger partial charge in [0, 0.05) is 11.6 Å². The maximum Gasteiger partial charge on any atom is 0.137 e. The first-order valence-corrected chi connectivity index (χ1v) is 4.23. The van der Waals surface area contributed by atoms with E-state index in [1.54, 1.807) is 0 Å². The van der Waals surface area contributed by atoms with Crippen LogP contribution in [0.4, 0.5) is 4.39 Å². The van der Waals surface area contributed by atoms with Crippen LogP contribution in [-0.4, -0.2) is 5.11 Å². The highest BCUT2D eigenvalue weighted by atomic mass is 35.5. The van der Waals surface area contributed by atoms with Gasteiger partial charge in [0.2, 0.25) is 0 Å². The summed E-state index contributed by atoms with van der Waals surface area (Å²) >= 11 is 16.5. The predicted octanol–water partition coefficient (Wildman–Crippen LogP) is 3.66. The van der Waals surface area contributed by atoms with Crippen LogP contribution in [0.15, 0.2) is 12.1 Å². The van der Waals surface area contributed by atoms with Crippen molar-refractivity contribution >= 4 is 34.8 Å². The Kier molecular flexibility index (Phi) is 3.04. The molecule has 0 saturated carbocycles. The van der Waals surface area contributed by atoms with Gasteiger partial charge in [-0.3, -0.25) is 0 Å². The van der Waals surface area contributed by atoms with Crippen molar-refractivity contribution in [3.05, 3.63) is 28.5 Å². The van der Waals surface area contributed by atoms with Crippen LogP contribution in [0.5, 0.6) is 5.75 Å². The third-order valence-corrected chi connectivity index (χ3v) is 2.16. The molecule has 0 aliphatic rings. The lowest BCUT2D eigenvalue weighted by atomic mass is 10.2. The molecule has 1 N–H and O–H groups in total. The van der Waals surface area contributed by atoms with E-state index in [-0.39, 0.29) is 16.3 Å². The van der Waals surface area contributed by atoms with E-state index in [4.69, 9.17) is 39.9 Å². The first-order valence-electron chi connectivity index (χ1n) is 2.98. The lowest BCUT2D eigenvalue weighted by molar-refractivity contribution is 0.468. The summed E-state index contributed by atoms with van der Waals surface area (Å²) in [6.07, 6.45) is 0. The first kappa shape index (κ1) is 9.90. The van der Waals surface area contributed by atoms with Crippen molar-refractivity contribution < 1.29 is 9.50 Å². The highest BCUT2D eigenvalue weighted by Gasteiger charge is 2.13. The summed E-state index contributed by atoms with van der Waals surface area (Å²) in [5.74, 6) is -0.990. The second-order valence-corrected chi connectivity index (χ2v) is 3.60. The smallest absolute Gasteiger partial charge is 0.137 e. The molecule has 1 aromatic rings. The van der Waals surface area contributed by atoms with Crippen molar-refractivity contribution in [3.63, 3.8) is 0 Å². The van der Waals surface area contributed by atoms with Crippen LogP contribution >= 0.6 is 34.8 Å². The maximum absolute atomic E-state index is 12.6. The average Bonchev–Trinajstić information content (AvgIpc) is 1.96. The molecule has 0 bridgehead atoms. The predicted molar refractivity (Wildman–Crippen MR) is 47.5 cm³/mol. The topological polar surface area (TPSA) is 20.2 Å². The zero-order valence-electron chi connectivity index (χ0n) is 5.69. The standard InChI is InChI=1S/C7H4Cl3FO/c8-6-4(7(9)10)1-3(11)2-5(6)12/h1-2,7,12H. The van der Waals surface area contributed by atoms with Gasteiger partial charge in [0.15, 0.2) is 0 Å². The van der Waals surface area contributed by atoms with E-state index in [0.29, 0.717) is 0 Å². The van der Waals surface area contributed by atoms with Crippen LogP contribution in [0.2, 0.25) is 5.02 Å². The molecule has 12 heavy (non-hydrogen) atoms. The lowest BCUT2D eigenvalue weighted by Gasteiger charge is -2.05. The quantitative estimate of drug-likeness (QED) is 0.729. The van der Waals surface area contributed by atoms with Gasteiger partial charge in [-0.1, -0.05) is 11.6 Å². The Morgan fingerprint density at radius 3 is 2.42 bits per heavy atom. The summed E-state index contributed by atoms with van der Waals surface area (Å²) < 4.78 is 12.6. The highest BCUT2D eigenvalue weighted by molar-refractivity contribution is 6.45. The van der Waals surface area contributed by atoms with Crippen molar-refractivity contribution in [2.24, 2.45) is 0 Å². The van der Waals surface area contributed by atoms with E-state index >= 15 is 0 Å². The van der Waals surface area contributed by atoms with E-state index in [1.807, 2.05) is 0 Å². The molecule has 0 aliphatic carbocycles. The number of hydrogen-bond donors (Lipinski definition) is 1. The zero-order valence-corrected chi connectivity index (χ0v) is 7.96. The molecule has 0 atom stereocenters. The minimum Gasteiger partial charge on any atom is -0.506 e. The summed E-state index contributed by atoms with van der Waals surface area (Å²) in [7, 11) is 0. The molecule has 1 aromatic carbocycles.